The summed E-state index contributed by atoms with van der Waals surface area (Å²) >= 11 is 0. The van der Waals surface area contributed by atoms with Crippen molar-refractivity contribution >= 4 is 55.7 Å². The van der Waals surface area contributed by atoms with E-state index in [9.17, 15) is 38.4 Å². The van der Waals surface area contributed by atoms with Crippen LogP contribution in [0, 0.1) is 0 Å². The van der Waals surface area contributed by atoms with Gasteiger partial charge >= 0.3 is 35.8 Å². The minimum Gasteiger partial charge on any atom is -0.463 e. The minimum absolute atomic E-state index is 0.207. The third kappa shape index (κ3) is 12.9. The third-order valence-corrected chi connectivity index (χ3v) is 10.2. The first kappa shape index (κ1) is 45.2. The Bertz CT molecular complexity index is 1470. The first-order chi connectivity index (χ1) is 25.5. The lowest BCUT2D eigenvalue weighted by atomic mass is 9.85. The molecule has 0 aliphatic carbocycles. The molecule has 0 bridgehead atoms. The van der Waals surface area contributed by atoms with Crippen LogP contribution in [0.5, 0.6) is 0 Å². The van der Waals surface area contributed by atoms with E-state index in [1.54, 1.807) is 0 Å². The van der Waals surface area contributed by atoms with Crippen molar-refractivity contribution in [3.63, 3.8) is 0 Å². The van der Waals surface area contributed by atoms with Gasteiger partial charge in [-0.25, -0.2) is 0 Å². The molecule has 55 heavy (non-hydrogen) atoms. The lowest BCUT2D eigenvalue weighted by molar-refractivity contribution is -0.364. The van der Waals surface area contributed by atoms with Crippen molar-refractivity contribution in [2.45, 2.75) is 147 Å². The molecule has 0 unspecified atom stereocenters. The predicted octanol–water partition coefficient (Wildman–Crippen LogP) is -0.207. The number of esters is 6. The van der Waals surface area contributed by atoms with Crippen molar-refractivity contribution in [3.05, 3.63) is 0 Å². The number of fused-ring (bicyclic) bond motifs is 1. The summed E-state index contributed by atoms with van der Waals surface area (Å²) in [5.41, 5.74) is 0. The number of rotatable bonds is 15. The number of carbonyl (C=O) groups excluding carboxylic acids is 8. The summed E-state index contributed by atoms with van der Waals surface area (Å²) in [5.74, 6) is -9.06. The fourth-order valence-electron chi connectivity index (χ4n) is 6.35. The molecular formula is C34H52N2O18Si. The number of amides is 2. The van der Waals surface area contributed by atoms with Crippen molar-refractivity contribution in [2.75, 3.05) is 19.8 Å². The monoisotopic (exact) mass is 804 g/mol. The van der Waals surface area contributed by atoms with Gasteiger partial charge in [-0.15, -0.1) is 0 Å². The van der Waals surface area contributed by atoms with E-state index in [1.165, 1.54) is 6.92 Å². The SMILES string of the molecule is CC(=O)N[C@@H]1[C@@H]([C@H](OC(C)=O)[C@@H](COC(C)=O)OC(C)=O)O[C@]2(C[C@H]1OC(C)=O)O[C@@H]1[C@@H](NC2=O)[C@H](OCC[Si](C)(C)C)O[C@H](COC(C)=O)[C@@H]1OC(C)=O. The van der Waals surface area contributed by atoms with E-state index in [4.69, 9.17) is 47.4 Å². The number of hydrogen-bond acceptors (Lipinski definition) is 18. The zero-order chi connectivity index (χ0) is 41.4. The second-order valence-electron chi connectivity index (χ2n) is 14.6. The Morgan fingerprint density at radius 2 is 1.45 bits per heavy atom. The Balaban J connectivity index is 2.22. The molecule has 1 spiro atoms. The number of ether oxygens (including phenoxy) is 10. The maximum absolute atomic E-state index is 14.4. The molecular weight excluding hydrogens is 752 g/mol. The van der Waals surface area contributed by atoms with Crippen molar-refractivity contribution in [1.82, 2.24) is 10.6 Å². The van der Waals surface area contributed by atoms with Gasteiger partial charge in [-0.1, -0.05) is 19.6 Å². The smallest absolute Gasteiger partial charge is 0.303 e. The van der Waals surface area contributed by atoms with Crippen LogP contribution in [0.25, 0.3) is 0 Å². The van der Waals surface area contributed by atoms with Gasteiger partial charge in [0.15, 0.2) is 24.6 Å². The normalized spacial score (nSPS) is 30.0. The molecule has 2 N–H and O–H groups in total. The molecule has 20 nitrogen and oxygen atoms in total. The van der Waals surface area contributed by atoms with Gasteiger partial charge in [-0.2, -0.15) is 0 Å². The molecule has 0 aromatic carbocycles. The summed E-state index contributed by atoms with van der Waals surface area (Å²) in [4.78, 5) is 101. The van der Waals surface area contributed by atoms with Gasteiger partial charge in [0.2, 0.25) is 5.91 Å². The number of hydrogen-bond donors (Lipinski definition) is 2. The molecule has 0 saturated carbocycles. The predicted molar refractivity (Wildman–Crippen MR) is 185 cm³/mol. The Hall–Kier alpha value is -4.18. The minimum atomic E-state index is -2.48. The van der Waals surface area contributed by atoms with Crippen LogP contribution < -0.4 is 10.6 Å². The fraction of sp³-hybridized carbons (Fsp3) is 0.765. The highest BCUT2D eigenvalue weighted by Gasteiger charge is 2.65. The Kier molecular flexibility index (Phi) is 15.7. The van der Waals surface area contributed by atoms with E-state index >= 15 is 0 Å². The van der Waals surface area contributed by atoms with Crippen molar-refractivity contribution in [1.29, 1.82) is 0 Å². The van der Waals surface area contributed by atoms with E-state index in [0.29, 0.717) is 6.04 Å². The second kappa shape index (κ2) is 19.1. The molecule has 0 aromatic heterocycles. The summed E-state index contributed by atoms with van der Waals surface area (Å²) in [5, 5.41) is 5.38. The van der Waals surface area contributed by atoms with Crippen LogP contribution in [-0.2, 0) is 85.7 Å². The Labute approximate surface area is 319 Å². The molecule has 3 heterocycles. The molecule has 0 radical (unpaired) electrons. The second-order valence-corrected chi connectivity index (χ2v) is 20.2. The van der Waals surface area contributed by atoms with Crippen LogP contribution in [-0.4, -0.2) is 142 Å². The van der Waals surface area contributed by atoms with Gasteiger partial charge in [-0.3, -0.25) is 38.4 Å². The lowest BCUT2D eigenvalue weighted by Gasteiger charge is -2.55. The van der Waals surface area contributed by atoms with Gasteiger partial charge in [-0.05, 0) is 6.04 Å². The zero-order valence-electron chi connectivity index (χ0n) is 32.7. The van der Waals surface area contributed by atoms with Crippen LogP contribution in [0.3, 0.4) is 0 Å². The Morgan fingerprint density at radius 3 is 1.98 bits per heavy atom. The highest BCUT2D eigenvalue weighted by atomic mass is 28.3. The number of nitrogens with one attached hydrogen (secondary N) is 2. The van der Waals surface area contributed by atoms with E-state index in [1.807, 2.05) is 0 Å². The number of carbonyl (C=O) groups is 8. The average Bonchev–Trinajstić information content (AvgIpc) is 3.02. The van der Waals surface area contributed by atoms with Gasteiger partial charge in [0, 0.05) is 63.1 Å². The van der Waals surface area contributed by atoms with Gasteiger partial charge in [0.05, 0.1) is 12.5 Å². The quantitative estimate of drug-likeness (QED) is 0.123. The first-order valence-corrected chi connectivity index (χ1v) is 21.4. The molecule has 3 aliphatic rings. The molecule has 310 valence electrons. The first-order valence-electron chi connectivity index (χ1n) is 17.7. The zero-order valence-corrected chi connectivity index (χ0v) is 33.7. The third-order valence-electron chi connectivity index (χ3n) is 8.50. The lowest BCUT2D eigenvalue weighted by Crippen LogP contribution is -2.78. The highest BCUT2D eigenvalue weighted by molar-refractivity contribution is 6.76. The van der Waals surface area contributed by atoms with Gasteiger partial charge in [0.25, 0.3) is 11.7 Å². The molecule has 21 heteroatoms. The standard InChI is InChI=1S/C34H52N2O18Si/c1-16(37)35-26-23(48-19(4)40)13-34(53-30(26)28(50-21(6)42)24(49-20(5)41)14-46-17(2)38)33(44)36-27-31(54-34)29(51-22(7)43)25(15-47-18(3)39)52-32(27)45-11-12-55(8,9)10/h23-32H,11-15H2,1-10H3,(H,35,37)(H,36,44)/t23-,24-,25-,26+,27-,28-,29+,30+,31-,32-,34-/m1/s1. The van der Waals surface area contributed by atoms with Gasteiger partial charge in [0.1, 0.15) is 43.7 Å². The van der Waals surface area contributed by atoms with Crippen LogP contribution >= 0.6 is 0 Å². The van der Waals surface area contributed by atoms with Gasteiger partial charge < -0.3 is 58.0 Å². The Morgan fingerprint density at radius 1 is 0.836 bits per heavy atom. The molecule has 3 saturated heterocycles. The fourth-order valence-corrected chi connectivity index (χ4v) is 7.08. The van der Waals surface area contributed by atoms with E-state index < -0.39 is 142 Å². The van der Waals surface area contributed by atoms with Crippen LogP contribution in [0.15, 0.2) is 0 Å². The molecule has 11 atom stereocenters. The topological polar surface area (TPSA) is 253 Å². The molecule has 2 amide bonds. The van der Waals surface area contributed by atoms with E-state index in [-0.39, 0.29) is 6.61 Å². The van der Waals surface area contributed by atoms with E-state index in [2.05, 4.69) is 30.3 Å². The van der Waals surface area contributed by atoms with Crippen molar-refractivity contribution in [3.8, 4) is 0 Å². The summed E-state index contributed by atoms with van der Waals surface area (Å²) in [6.45, 7) is 13.1. The summed E-state index contributed by atoms with van der Waals surface area (Å²) < 4.78 is 57.9. The maximum atomic E-state index is 14.4. The summed E-state index contributed by atoms with van der Waals surface area (Å²) in [6, 6.07) is -1.88. The average molecular weight is 805 g/mol. The highest BCUT2D eigenvalue weighted by Crippen LogP contribution is 2.42. The molecule has 0 aromatic rings. The maximum Gasteiger partial charge on any atom is 0.303 e. The van der Waals surface area contributed by atoms with Crippen molar-refractivity contribution < 1.29 is 85.7 Å². The molecule has 3 rings (SSSR count). The van der Waals surface area contributed by atoms with Crippen LogP contribution in [0.2, 0.25) is 25.7 Å². The molecule has 3 aliphatic heterocycles. The van der Waals surface area contributed by atoms with Crippen LogP contribution in [0.4, 0.5) is 0 Å². The largest absolute Gasteiger partial charge is 0.463 e. The van der Waals surface area contributed by atoms with Crippen LogP contribution in [0.1, 0.15) is 54.9 Å². The van der Waals surface area contributed by atoms with E-state index in [0.717, 1.165) is 41.5 Å². The summed E-state index contributed by atoms with van der Waals surface area (Å²) in [6.07, 6.45) is -12.3. The molecule has 3 fully saturated rings. The van der Waals surface area contributed by atoms with Crippen molar-refractivity contribution in [2.24, 2.45) is 0 Å². The summed E-state index contributed by atoms with van der Waals surface area (Å²) in [7, 11) is -1.64. The number of morpholine rings is 1.